The Kier molecular flexibility index (Phi) is 11.5. The zero-order valence-corrected chi connectivity index (χ0v) is 28.0. The molecule has 3 aliphatic rings. The van der Waals surface area contributed by atoms with Gasteiger partial charge in [0.2, 0.25) is 17.5 Å². The summed E-state index contributed by atoms with van der Waals surface area (Å²) in [5.41, 5.74) is -1.56. The Labute approximate surface area is 303 Å². The maximum Gasteiger partial charge on any atom is 0.239 e. The van der Waals surface area contributed by atoms with Crippen LogP contribution in [0.2, 0.25) is 0 Å². The minimum absolute atomic E-state index is 0.102. The van der Waals surface area contributed by atoms with Crippen LogP contribution < -0.4 is 10.2 Å². The molecule has 0 spiro atoms. The average Bonchev–Trinajstić information content (AvgIpc) is 3.13. The second kappa shape index (κ2) is 15.7. The molecular formula is C33H40O21. The monoisotopic (exact) mass is 772 g/mol. The number of hydrogen-bond donors (Lipinski definition) is 13. The van der Waals surface area contributed by atoms with Gasteiger partial charge in [0, 0.05) is 17.7 Å². The molecule has 0 bridgehead atoms. The third-order valence-corrected chi connectivity index (χ3v) is 9.40. The number of benzene rings is 2. The van der Waals surface area contributed by atoms with Gasteiger partial charge in [0.05, 0.1) is 19.3 Å². The molecule has 2 aromatic carbocycles. The first-order valence-corrected chi connectivity index (χ1v) is 16.5. The molecule has 3 saturated heterocycles. The van der Waals surface area contributed by atoms with E-state index in [4.69, 9.17) is 32.8 Å². The highest BCUT2D eigenvalue weighted by atomic mass is 16.8. The highest BCUT2D eigenvalue weighted by molar-refractivity contribution is 5.88. The van der Waals surface area contributed by atoms with Crippen LogP contribution in [0.15, 0.2) is 39.5 Å². The number of ether oxygens (including phenoxy) is 6. The predicted octanol–water partition coefficient (Wildman–Crippen LogP) is -3.86. The van der Waals surface area contributed by atoms with Crippen molar-refractivity contribution >= 4 is 11.0 Å². The van der Waals surface area contributed by atoms with Crippen LogP contribution in [0.1, 0.15) is 6.92 Å². The lowest BCUT2D eigenvalue weighted by atomic mass is 9.96. The number of aliphatic hydroxyl groups is 9. The van der Waals surface area contributed by atoms with Crippen molar-refractivity contribution in [2.45, 2.75) is 99.0 Å². The first kappa shape index (κ1) is 39.8. The van der Waals surface area contributed by atoms with Crippen LogP contribution in [-0.2, 0) is 23.7 Å². The normalized spacial score (nSPS) is 37.3. The molecule has 21 heteroatoms. The van der Waals surface area contributed by atoms with E-state index in [2.05, 4.69) is 0 Å². The Morgan fingerprint density at radius 1 is 0.667 bits per heavy atom. The van der Waals surface area contributed by atoms with Crippen molar-refractivity contribution in [2.24, 2.45) is 0 Å². The van der Waals surface area contributed by atoms with Gasteiger partial charge >= 0.3 is 0 Å². The van der Waals surface area contributed by atoms with E-state index in [9.17, 15) is 71.2 Å². The molecule has 21 nitrogen and oxygen atoms in total. The Hall–Kier alpha value is -3.91. The molecule has 13 N–H and O–H groups in total. The SMILES string of the molecule is C[C@@H]1O[C@@H](OC[C@H]2O[C@@H](Oc3c(-c4ccc(O)c(O)c4)oc4cc(O)cc(O)c4c3=O)[C@H](O)[C@@H](O)[C@@H]2O[C@H]2O[C@H](CO)[C@@H](O)[C@H](O)[C@H]2O)[C@H](O)[C@H](O)[C@H]1O. The molecule has 3 fully saturated rings. The van der Waals surface area contributed by atoms with E-state index >= 15 is 0 Å². The van der Waals surface area contributed by atoms with Crippen molar-refractivity contribution in [3.8, 4) is 40.1 Å². The predicted molar refractivity (Wildman–Crippen MR) is 173 cm³/mol. The van der Waals surface area contributed by atoms with Gasteiger partial charge in [-0.15, -0.1) is 0 Å². The number of aromatic hydroxyl groups is 4. The molecule has 0 radical (unpaired) electrons. The minimum Gasteiger partial charge on any atom is -0.508 e. The summed E-state index contributed by atoms with van der Waals surface area (Å²) in [5.74, 6) is -3.72. The van der Waals surface area contributed by atoms with Gasteiger partial charge in [-0.3, -0.25) is 4.79 Å². The third kappa shape index (κ3) is 7.39. The highest BCUT2D eigenvalue weighted by Crippen LogP contribution is 2.40. The molecule has 54 heavy (non-hydrogen) atoms. The summed E-state index contributed by atoms with van der Waals surface area (Å²) >= 11 is 0. The van der Waals surface area contributed by atoms with Gasteiger partial charge in [-0.05, 0) is 25.1 Å². The smallest absolute Gasteiger partial charge is 0.239 e. The minimum atomic E-state index is -2.16. The molecule has 0 amide bonds. The summed E-state index contributed by atoms with van der Waals surface area (Å²) in [6.45, 7) is -0.219. The maximum atomic E-state index is 13.9. The largest absolute Gasteiger partial charge is 0.508 e. The van der Waals surface area contributed by atoms with Gasteiger partial charge in [0.15, 0.2) is 29.8 Å². The molecule has 4 heterocycles. The second-order valence-electron chi connectivity index (χ2n) is 13.1. The van der Waals surface area contributed by atoms with Crippen LogP contribution in [0.3, 0.4) is 0 Å². The summed E-state index contributed by atoms with van der Waals surface area (Å²) < 4.78 is 39.8. The second-order valence-corrected chi connectivity index (χ2v) is 13.1. The Bertz CT molecular complexity index is 1850. The first-order valence-electron chi connectivity index (χ1n) is 16.5. The van der Waals surface area contributed by atoms with Gasteiger partial charge in [-0.1, -0.05) is 0 Å². The fraction of sp³-hybridized carbons (Fsp3) is 0.545. The number of fused-ring (bicyclic) bond motifs is 1. The van der Waals surface area contributed by atoms with E-state index in [0.29, 0.717) is 0 Å². The van der Waals surface area contributed by atoms with Crippen LogP contribution in [0.25, 0.3) is 22.3 Å². The van der Waals surface area contributed by atoms with Gasteiger partial charge in [0.25, 0.3) is 0 Å². The summed E-state index contributed by atoms with van der Waals surface area (Å²) in [7, 11) is 0. The summed E-state index contributed by atoms with van der Waals surface area (Å²) in [5, 5.41) is 134. The van der Waals surface area contributed by atoms with Crippen LogP contribution in [0, 0.1) is 0 Å². The zero-order chi connectivity index (χ0) is 39.3. The molecule has 298 valence electrons. The summed E-state index contributed by atoms with van der Waals surface area (Å²) in [4.78, 5) is 13.9. The van der Waals surface area contributed by atoms with E-state index < -0.39 is 151 Å². The van der Waals surface area contributed by atoms with Gasteiger partial charge in [-0.2, -0.15) is 0 Å². The molecule has 0 unspecified atom stereocenters. The van der Waals surface area contributed by atoms with E-state index in [-0.39, 0.29) is 11.1 Å². The van der Waals surface area contributed by atoms with Crippen molar-refractivity contribution in [3.05, 3.63) is 40.6 Å². The Morgan fingerprint density at radius 3 is 2.00 bits per heavy atom. The van der Waals surface area contributed by atoms with E-state index in [1.165, 1.54) is 13.0 Å². The van der Waals surface area contributed by atoms with Crippen molar-refractivity contribution in [2.75, 3.05) is 13.2 Å². The van der Waals surface area contributed by atoms with Gasteiger partial charge < -0.3 is 99.2 Å². The fourth-order valence-corrected chi connectivity index (χ4v) is 6.33. The highest BCUT2D eigenvalue weighted by Gasteiger charge is 2.52. The summed E-state index contributed by atoms with van der Waals surface area (Å²) in [6, 6.07) is 5.04. The van der Waals surface area contributed by atoms with Crippen LogP contribution >= 0.6 is 0 Å². The van der Waals surface area contributed by atoms with Crippen molar-refractivity contribution < 1.29 is 99.2 Å². The van der Waals surface area contributed by atoms with Crippen molar-refractivity contribution in [3.63, 3.8) is 0 Å². The molecule has 1 aromatic heterocycles. The lowest BCUT2D eigenvalue weighted by Crippen LogP contribution is -2.65. The van der Waals surface area contributed by atoms with E-state index in [0.717, 1.165) is 24.3 Å². The van der Waals surface area contributed by atoms with Crippen molar-refractivity contribution in [1.82, 2.24) is 0 Å². The lowest BCUT2D eigenvalue weighted by molar-refractivity contribution is -0.359. The molecule has 0 aliphatic carbocycles. The van der Waals surface area contributed by atoms with Crippen LogP contribution in [0.5, 0.6) is 28.7 Å². The standard InChI is InChI=1S/C33H40O21/c1-9-19(39)22(42)25(45)31(49-9)48-8-17-29(53-32-26(46)23(43)20(40)16(7-34)51-32)24(44)27(47)33(52-17)54-30-21(41)18-14(38)5-11(35)6-15(18)50-28(30)10-2-3-12(36)13(37)4-10/h2-6,9,16-17,19-20,22-27,29,31-40,42-47H,7-8H2,1H3/t9-,16+,17+,19-,20+,22+,23-,24+,25+,26+,27+,29+,31+,32+,33-/m0/s1. The number of aliphatic hydroxyl groups excluding tert-OH is 9. The number of phenolic OH excluding ortho intramolecular Hbond substituents is 4. The van der Waals surface area contributed by atoms with Gasteiger partial charge in [-0.25, -0.2) is 0 Å². The fourth-order valence-electron chi connectivity index (χ4n) is 6.33. The van der Waals surface area contributed by atoms with Crippen molar-refractivity contribution in [1.29, 1.82) is 0 Å². The molecule has 6 rings (SSSR count). The first-order chi connectivity index (χ1) is 25.5. The van der Waals surface area contributed by atoms with E-state index in [1.807, 2.05) is 0 Å². The number of rotatable bonds is 9. The van der Waals surface area contributed by atoms with Crippen LogP contribution in [0.4, 0.5) is 0 Å². The van der Waals surface area contributed by atoms with E-state index in [1.54, 1.807) is 0 Å². The quantitative estimate of drug-likeness (QED) is 0.0925. The number of hydrogen-bond acceptors (Lipinski definition) is 21. The Balaban J connectivity index is 1.37. The zero-order valence-electron chi connectivity index (χ0n) is 28.0. The maximum absolute atomic E-state index is 13.9. The third-order valence-electron chi connectivity index (χ3n) is 9.40. The number of phenols is 4. The topological polar surface area (TPSA) is 349 Å². The Morgan fingerprint density at radius 2 is 1.31 bits per heavy atom. The molecule has 0 saturated carbocycles. The lowest BCUT2D eigenvalue weighted by Gasteiger charge is -2.46. The van der Waals surface area contributed by atoms with Gasteiger partial charge in [0.1, 0.15) is 89.6 Å². The van der Waals surface area contributed by atoms with Crippen LogP contribution in [-0.4, -0.2) is 172 Å². The molecule has 3 aromatic rings. The molecule has 15 atom stereocenters. The molecule has 3 aliphatic heterocycles. The average molecular weight is 773 g/mol. The molecular weight excluding hydrogens is 732 g/mol. The summed E-state index contributed by atoms with van der Waals surface area (Å²) in [6.07, 6.45) is -26.5.